The summed E-state index contributed by atoms with van der Waals surface area (Å²) in [5.41, 5.74) is 2.52. The Morgan fingerprint density at radius 1 is 1.67 bits per heavy atom. The molecule has 4 N–H and O–H groups in total. The van der Waals surface area contributed by atoms with Crippen LogP contribution in [0.2, 0.25) is 0 Å². The first-order valence-corrected chi connectivity index (χ1v) is 4.87. The maximum Gasteiger partial charge on any atom is 0.206 e. The molecule has 1 aromatic heterocycles. The number of hydrogen-bond acceptors (Lipinski definition) is 3. The average molecular weight is 210 g/mol. The molecule has 84 valence electrons. The van der Waals surface area contributed by atoms with Gasteiger partial charge in [-0.1, -0.05) is 0 Å². The molecule has 0 saturated heterocycles. The van der Waals surface area contributed by atoms with Crippen molar-refractivity contribution in [1.82, 2.24) is 20.3 Å². The summed E-state index contributed by atoms with van der Waals surface area (Å²) in [5.74, 6) is 6.80. The van der Waals surface area contributed by atoms with Gasteiger partial charge in [-0.25, -0.2) is 15.8 Å². The summed E-state index contributed by atoms with van der Waals surface area (Å²) in [6.45, 7) is 4.55. The van der Waals surface area contributed by atoms with E-state index in [0.717, 1.165) is 5.82 Å². The first-order chi connectivity index (χ1) is 7.13. The SMILES string of the molecule is CC(C)NC(=NCc1nccn1C)NN. The smallest absolute Gasteiger partial charge is 0.206 e. The Hall–Kier alpha value is -1.56. The van der Waals surface area contributed by atoms with Gasteiger partial charge in [0.25, 0.3) is 0 Å². The molecule has 0 fully saturated rings. The lowest BCUT2D eigenvalue weighted by atomic mass is 10.4. The molecule has 0 radical (unpaired) electrons. The van der Waals surface area contributed by atoms with Crippen molar-refractivity contribution in [1.29, 1.82) is 0 Å². The highest BCUT2D eigenvalue weighted by atomic mass is 15.3. The summed E-state index contributed by atoms with van der Waals surface area (Å²) in [7, 11) is 1.93. The summed E-state index contributed by atoms with van der Waals surface area (Å²) in [6.07, 6.45) is 3.63. The lowest BCUT2D eigenvalue weighted by Gasteiger charge is -2.11. The van der Waals surface area contributed by atoms with Crippen molar-refractivity contribution in [3.63, 3.8) is 0 Å². The highest BCUT2D eigenvalue weighted by Crippen LogP contribution is 1.95. The van der Waals surface area contributed by atoms with E-state index in [1.807, 2.05) is 31.7 Å². The lowest BCUT2D eigenvalue weighted by molar-refractivity contribution is 0.696. The van der Waals surface area contributed by atoms with Crippen LogP contribution in [0.15, 0.2) is 17.4 Å². The number of hydrogen-bond donors (Lipinski definition) is 3. The minimum atomic E-state index is 0.293. The Labute approximate surface area is 89.6 Å². The van der Waals surface area contributed by atoms with E-state index in [0.29, 0.717) is 18.5 Å². The quantitative estimate of drug-likeness (QED) is 0.278. The van der Waals surface area contributed by atoms with E-state index in [1.54, 1.807) is 6.20 Å². The molecule has 1 aromatic rings. The first kappa shape index (κ1) is 11.5. The summed E-state index contributed by atoms with van der Waals surface area (Å²) >= 11 is 0. The van der Waals surface area contributed by atoms with Gasteiger partial charge < -0.3 is 9.88 Å². The van der Waals surface area contributed by atoms with Crippen LogP contribution < -0.4 is 16.6 Å². The zero-order valence-corrected chi connectivity index (χ0v) is 9.36. The second-order valence-electron chi connectivity index (χ2n) is 3.56. The summed E-state index contributed by atoms with van der Waals surface area (Å²) in [5, 5.41) is 3.09. The van der Waals surface area contributed by atoms with E-state index in [4.69, 9.17) is 5.84 Å². The van der Waals surface area contributed by atoms with Gasteiger partial charge in [0.2, 0.25) is 5.96 Å². The van der Waals surface area contributed by atoms with E-state index in [9.17, 15) is 0 Å². The molecule has 0 bridgehead atoms. The number of aliphatic imine (C=N–C) groups is 1. The van der Waals surface area contributed by atoms with Crippen LogP contribution in [0.4, 0.5) is 0 Å². The number of guanidine groups is 1. The number of nitrogens with zero attached hydrogens (tertiary/aromatic N) is 3. The molecule has 6 heteroatoms. The largest absolute Gasteiger partial charge is 0.353 e. The van der Waals surface area contributed by atoms with E-state index in [1.165, 1.54) is 0 Å². The van der Waals surface area contributed by atoms with Crippen LogP contribution in [0.5, 0.6) is 0 Å². The first-order valence-electron chi connectivity index (χ1n) is 4.87. The monoisotopic (exact) mass is 210 g/mol. The number of hydrazine groups is 1. The van der Waals surface area contributed by atoms with Gasteiger partial charge in [0.05, 0.1) is 0 Å². The van der Waals surface area contributed by atoms with Gasteiger partial charge in [-0.15, -0.1) is 0 Å². The van der Waals surface area contributed by atoms with Gasteiger partial charge in [-0.3, -0.25) is 5.43 Å². The van der Waals surface area contributed by atoms with Gasteiger partial charge in [0, 0.05) is 25.5 Å². The Kier molecular flexibility index (Phi) is 4.11. The van der Waals surface area contributed by atoms with Crippen molar-refractivity contribution in [3.8, 4) is 0 Å². The van der Waals surface area contributed by atoms with Gasteiger partial charge >= 0.3 is 0 Å². The number of rotatable bonds is 3. The molecule has 0 aliphatic carbocycles. The Morgan fingerprint density at radius 2 is 2.40 bits per heavy atom. The van der Waals surface area contributed by atoms with Crippen molar-refractivity contribution in [2.24, 2.45) is 17.9 Å². The third-order valence-corrected chi connectivity index (χ3v) is 1.86. The molecule has 1 rings (SSSR count). The van der Waals surface area contributed by atoms with Crippen molar-refractivity contribution < 1.29 is 0 Å². The van der Waals surface area contributed by atoms with Crippen molar-refractivity contribution in [3.05, 3.63) is 18.2 Å². The number of imidazole rings is 1. The van der Waals surface area contributed by atoms with Gasteiger partial charge in [0.15, 0.2) is 0 Å². The Balaban J connectivity index is 2.58. The average Bonchev–Trinajstić information content (AvgIpc) is 2.58. The zero-order chi connectivity index (χ0) is 11.3. The fraction of sp³-hybridized carbons (Fsp3) is 0.556. The normalized spacial score (nSPS) is 11.9. The third kappa shape index (κ3) is 3.59. The summed E-state index contributed by atoms with van der Waals surface area (Å²) < 4.78 is 1.92. The highest BCUT2D eigenvalue weighted by Gasteiger charge is 2.00. The summed E-state index contributed by atoms with van der Waals surface area (Å²) in [4.78, 5) is 8.43. The second-order valence-corrected chi connectivity index (χ2v) is 3.56. The number of aryl methyl sites for hydroxylation is 1. The van der Waals surface area contributed by atoms with Crippen molar-refractivity contribution in [2.75, 3.05) is 0 Å². The van der Waals surface area contributed by atoms with Crippen LogP contribution >= 0.6 is 0 Å². The molecule has 6 nitrogen and oxygen atoms in total. The third-order valence-electron chi connectivity index (χ3n) is 1.86. The molecular weight excluding hydrogens is 192 g/mol. The standard InChI is InChI=1S/C9H18N6/c1-7(2)13-9(14-10)12-6-8-11-4-5-15(8)3/h4-5,7H,6,10H2,1-3H3,(H2,12,13,14). The minimum absolute atomic E-state index is 0.293. The Bertz CT molecular complexity index is 327. The van der Waals surface area contributed by atoms with E-state index >= 15 is 0 Å². The zero-order valence-electron chi connectivity index (χ0n) is 9.36. The van der Waals surface area contributed by atoms with Crippen LogP contribution in [-0.4, -0.2) is 21.6 Å². The fourth-order valence-electron chi connectivity index (χ4n) is 1.10. The molecule has 0 amide bonds. The van der Waals surface area contributed by atoms with Crippen LogP contribution in [-0.2, 0) is 13.6 Å². The number of nitrogens with one attached hydrogen (secondary N) is 2. The number of aromatic nitrogens is 2. The molecule has 0 aliphatic heterocycles. The van der Waals surface area contributed by atoms with Gasteiger partial charge in [-0.2, -0.15) is 0 Å². The van der Waals surface area contributed by atoms with Gasteiger partial charge in [-0.05, 0) is 13.8 Å². The molecule has 1 heterocycles. The molecule has 0 unspecified atom stereocenters. The molecule has 15 heavy (non-hydrogen) atoms. The van der Waals surface area contributed by atoms with Crippen LogP contribution in [0.3, 0.4) is 0 Å². The maximum atomic E-state index is 5.33. The molecule has 0 saturated carbocycles. The topological polar surface area (TPSA) is 80.3 Å². The second kappa shape index (κ2) is 5.35. The summed E-state index contributed by atoms with van der Waals surface area (Å²) in [6, 6.07) is 0.293. The lowest BCUT2D eigenvalue weighted by Crippen LogP contribution is -2.44. The van der Waals surface area contributed by atoms with Crippen LogP contribution in [0.1, 0.15) is 19.7 Å². The fourth-order valence-corrected chi connectivity index (χ4v) is 1.10. The van der Waals surface area contributed by atoms with Crippen molar-refractivity contribution in [2.45, 2.75) is 26.4 Å². The molecule has 0 aromatic carbocycles. The van der Waals surface area contributed by atoms with E-state index < -0.39 is 0 Å². The molecule has 0 spiro atoms. The van der Waals surface area contributed by atoms with Crippen LogP contribution in [0, 0.1) is 0 Å². The predicted octanol–water partition coefficient (Wildman–Crippen LogP) is -0.263. The minimum Gasteiger partial charge on any atom is -0.353 e. The molecule has 0 atom stereocenters. The number of nitrogens with two attached hydrogens (primary N) is 1. The highest BCUT2D eigenvalue weighted by molar-refractivity contribution is 5.79. The van der Waals surface area contributed by atoms with E-state index in [2.05, 4.69) is 20.7 Å². The maximum absolute atomic E-state index is 5.33. The van der Waals surface area contributed by atoms with Gasteiger partial charge in [0.1, 0.15) is 12.4 Å². The predicted molar refractivity (Wildman–Crippen MR) is 59.9 cm³/mol. The van der Waals surface area contributed by atoms with Crippen molar-refractivity contribution >= 4 is 5.96 Å². The van der Waals surface area contributed by atoms with E-state index in [-0.39, 0.29) is 0 Å². The Morgan fingerprint density at radius 3 is 2.87 bits per heavy atom. The van der Waals surface area contributed by atoms with Crippen LogP contribution in [0.25, 0.3) is 0 Å². The molecular formula is C9H18N6. The molecule has 0 aliphatic rings.